The molecule has 0 saturated carbocycles. The minimum absolute atomic E-state index is 0.906. The van der Waals surface area contributed by atoms with Gasteiger partial charge in [0.15, 0.2) is 0 Å². The second-order valence-electron chi connectivity index (χ2n) is 3.53. The van der Waals surface area contributed by atoms with Crippen molar-refractivity contribution in [2.75, 3.05) is 0 Å². The molecule has 5 nitrogen and oxygen atoms in total. The fraction of sp³-hybridized carbons (Fsp3) is 0.625. The van der Waals surface area contributed by atoms with E-state index in [0.717, 1.165) is 11.4 Å². The molecule has 0 radical (unpaired) electrons. The zero-order valence-corrected chi connectivity index (χ0v) is 8.72. The summed E-state index contributed by atoms with van der Waals surface area (Å²) in [7, 11) is 0. The largest absolute Gasteiger partial charge is 0.452 e. The van der Waals surface area contributed by atoms with Crippen LogP contribution >= 0.6 is 0 Å². The molecule has 0 amide bonds. The Morgan fingerprint density at radius 3 is 2.11 bits per heavy atom. The number of hydrogen-bond acceptors (Lipinski definition) is 5. The minimum atomic E-state index is -5.97. The van der Waals surface area contributed by atoms with Gasteiger partial charge in [-0.3, -0.25) is 14.9 Å². The first-order valence-electron chi connectivity index (χ1n) is 4.51. The van der Waals surface area contributed by atoms with Gasteiger partial charge < -0.3 is 4.74 Å². The number of rotatable bonds is 2. The van der Waals surface area contributed by atoms with Gasteiger partial charge >= 0.3 is 24.0 Å². The van der Waals surface area contributed by atoms with Crippen LogP contribution in [0.3, 0.4) is 0 Å². The van der Waals surface area contributed by atoms with E-state index >= 15 is 0 Å². The van der Waals surface area contributed by atoms with Crippen molar-refractivity contribution in [1.82, 2.24) is 5.32 Å². The molecular formula is C8H4F6N2O3. The monoisotopic (exact) mass is 290 g/mol. The van der Waals surface area contributed by atoms with Gasteiger partial charge in [0.2, 0.25) is 5.78 Å². The zero-order valence-electron chi connectivity index (χ0n) is 8.72. The van der Waals surface area contributed by atoms with E-state index in [9.17, 15) is 35.9 Å². The SMILES string of the molecule is N#CC(=O)C[C@@H]1NC(C(F)(F)F)(C(F)(F)F)OC1=O. The number of carbonyl (C=O) groups is 2. The molecular weight excluding hydrogens is 286 g/mol. The Bertz CT molecular complexity index is 435. The molecule has 1 aliphatic heterocycles. The second-order valence-corrected chi connectivity index (χ2v) is 3.53. The first kappa shape index (κ1) is 15.2. The summed E-state index contributed by atoms with van der Waals surface area (Å²) in [4.78, 5) is 21.6. The predicted octanol–water partition coefficient (Wildman–Crippen LogP) is 0.805. The van der Waals surface area contributed by atoms with Gasteiger partial charge in [0.05, 0.1) is 0 Å². The standard InChI is InChI=1S/C8H4F6N2O3/c9-7(10,11)6(8(12,13)14)16-4(5(18)19-6)1-3(17)2-15/h4,16H,1H2/t4-/m0/s1. The lowest BCUT2D eigenvalue weighted by Gasteiger charge is -2.31. The van der Waals surface area contributed by atoms with Crippen molar-refractivity contribution in [1.29, 1.82) is 5.26 Å². The van der Waals surface area contributed by atoms with Crippen LogP contribution < -0.4 is 5.32 Å². The van der Waals surface area contributed by atoms with E-state index in [1.807, 2.05) is 0 Å². The zero-order chi connectivity index (χ0) is 15.1. The number of ketones is 1. The van der Waals surface area contributed by atoms with E-state index in [-0.39, 0.29) is 0 Å². The number of carbonyl (C=O) groups excluding carboxylic acids is 2. The maximum Gasteiger partial charge on any atom is 0.452 e. The van der Waals surface area contributed by atoms with Gasteiger partial charge in [-0.1, -0.05) is 0 Å². The summed E-state index contributed by atoms with van der Waals surface area (Å²) < 4.78 is 78.2. The van der Waals surface area contributed by atoms with Crippen LogP contribution in [-0.4, -0.2) is 35.9 Å². The summed E-state index contributed by atoms with van der Waals surface area (Å²) in [5, 5.41) is 9.01. The first-order chi connectivity index (χ1) is 8.44. The summed E-state index contributed by atoms with van der Waals surface area (Å²) in [5.41, 5.74) is -4.86. The van der Waals surface area contributed by atoms with Crippen molar-refractivity contribution >= 4 is 11.8 Å². The molecule has 0 aliphatic carbocycles. The number of ether oxygens (including phenoxy) is 1. The van der Waals surface area contributed by atoms with Crippen LogP contribution in [0.1, 0.15) is 6.42 Å². The number of hydrogen-bond donors (Lipinski definition) is 1. The number of cyclic esters (lactones) is 1. The van der Waals surface area contributed by atoms with Crippen molar-refractivity contribution in [3.8, 4) is 6.07 Å². The molecule has 1 fully saturated rings. The van der Waals surface area contributed by atoms with E-state index in [1.54, 1.807) is 0 Å². The average Bonchev–Trinajstić information content (AvgIpc) is 2.56. The highest BCUT2D eigenvalue weighted by molar-refractivity contribution is 5.97. The second kappa shape index (κ2) is 4.37. The number of nitrogens with one attached hydrogen (secondary N) is 1. The third-order valence-electron chi connectivity index (χ3n) is 2.23. The molecule has 0 aromatic rings. The van der Waals surface area contributed by atoms with Crippen LogP contribution in [-0.2, 0) is 14.3 Å². The Labute approximate surface area is 101 Å². The highest BCUT2D eigenvalue weighted by Crippen LogP contribution is 2.46. The van der Waals surface area contributed by atoms with Crippen LogP contribution in [0.15, 0.2) is 0 Å². The molecule has 19 heavy (non-hydrogen) atoms. The van der Waals surface area contributed by atoms with E-state index in [4.69, 9.17) is 5.26 Å². The Balaban J connectivity index is 3.11. The van der Waals surface area contributed by atoms with Crippen molar-refractivity contribution in [3.63, 3.8) is 0 Å². The molecule has 1 atom stereocenters. The lowest BCUT2D eigenvalue weighted by atomic mass is 10.1. The third kappa shape index (κ3) is 2.48. The molecule has 106 valence electrons. The number of halogens is 6. The van der Waals surface area contributed by atoms with Crippen LogP contribution in [0, 0.1) is 11.3 Å². The van der Waals surface area contributed by atoms with Crippen LogP contribution in [0.4, 0.5) is 26.3 Å². The summed E-state index contributed by atoms with van der Waals surface area (Å²) in [6.45, 7) is 0. The van der Waals surface area contributed by atoms with E-state index in [0.29, 0.717) is 0 Å². The highest BCUT2D eigenvalue weighted by Gasteiger charge is 2.78. The van der Waals surface area contributed by atoms with Gasteiger partial charge in [-0.05, 0) is 0 Å². The van der Waals surface area contributed by atoms with Gasteiger partial charge in [0.1, 0.15) is 12.1 Å². The number of esters is 1. The molecule has 1 aliphatic rings. The molecule has 11 heteroatoms. The molecule has 1 N–H and O–H groups in total. The molecule has 1 rings (SSSR count). The summed E-state index contributed by atoms with van der Waals surface area (Å²) in [5.74, 6) is -3.26. The molecule has 1 saturated heterocycles. The number of nitrogens with zero attached hydrogens (tertiary/aromatic N) is 1. The van der Waals surface area contributed by atoms with Gasteiger partial charge in [0.25, 0.3) is 0 Å². The average molecular weight is 290 g/mol. The summed E-state index contributed by atoms with van der Waals surface area (Å²) in [6.07, 6.45) is -13.1. The predicted molar refractivity (Wildman–Crippen MR) is 43.1 cm³/mol. The molecule has 0 aromatic heterocycles. The van der Waals surface area contributed by atoms with E-state index < -0.39 is 42.3 Å². The van der Waals surface area contributed by atoms with Crippen molar-refractivity contribution in [2.45, 2.75) is 30.5 Å². The Kier molecular flexibility index (Phi) is 3.51. The topological polar surface area (TPSA) is 79.2 Å². The fourth-order valence-corrected chi connectivity index (χ4v) is 1.36. The Morgan fingerprint density at radius 2 is 1.79 bits per heavy atom. The highest BCUT2D eigenvalue weighted by atomic mass is 19.4. The normalized spacial score (nSPS) is 22.8. The smallest absolute Gasteiger partial charge is 0.424 e. The summed E-state index contributed by atoms with van der Waals surface area (Å²) >= 11 is 0. The summed E-state index contributed by atoms with van der Waals surface area (Å²) in [6, 6.07) is -1.22. The lowest BCUT2D eigenvalue weighted by molar-refractivity contribution is -0.369. The Morgan fingerprint density at radius 1 is 1.32 bits per heavy atom. The van der Waals surface area contributed by atoms with Crippen molar-refractivity contribution < 1.29 is 40.7 Å². The van der Waals surface area contributed by atoms with Gasteiger partial charge in [-0.2, -0.15) is 31.6 Å². The molecule has 0 unspecified atom stereocenters. The quantitative estimate of drug-likeness (QED) is 0.462. The van der Waals surface area contributed by atoms with Crippen molar-refractivity contribution in [3.05, 3.63) is 0 Å². The first-order valence-corrected chi connectivity index (χ1v) is 4.51. The van der Waals surface area contributed by atoms with Crippen LogP contribution in [0.25, 0.3) is 0 Å². The van der Waals surface area contributed by atoms with Gasteiger partial charge in [-0.25, -0.2) is 0 Å². The maximum atomic E-state index is 12.5. The van der Waals surface area contributed by atoms with E-state index in [2.05, 4.69) is 4.74 Å². The number of Topliss-reactive ketones (excluding diaryl/α,β-unsaturated/α-hetero) is 1. The van der Waals surface area contributed by atoms with Crippen molar-refractivity contribution in [2.24, 2.45) is 0 Å². The molecule has 0 spiro atoms. The minimum Gasteiger partial charge on any atom is -0.424 e. The lowest BCUT2D eigenvalue weighted by Crippen LogP contribution is -2.65. The maximum absolute atomic E-state index is 12.5. The van der Waals surface area contributed by atoms with Gasteiger partial charge in [0, 0.05) is 6.42 Å². The third-order valence-corrected chi connectivity index (χ3v) is 2.23. The number of nitriles is 1. The van der Waals surface area contributed by atoms with Gasteiger partial charge in [-0.15, -0.1) is 0 Å². The fourth-order valence-electron chi connectivity index (χ4n) is 1.36. The van der Waals surface area contributed by atoms with Crippen LogP contribution in [0.2, 0.25) is 0 Å². The molecule has 0 bridgehead atoms. The molecule has 1 heterocycles. The van der Waals surface area contributed by atoms with Crippen LogP contribution in [0.5, 0.6) is 0 Å². The number of alkyl halides is 6. The molecule has 0 aromatic carbocycles. The Hall–Kier alpha value is -1.83. The van der Waals surface area contributed by atoms with E-state index in [1.165, 1.54) is 0 Å².